The third kappa shape index (κ3) is 2.11. The van der Waals surface area contributed by atoms with Crippen LogP contribution in [0.2, 0.25) is 0 Å². The molecule has 0 atom stereocenters. The second kappa shape index (κ2) is 3.94. The summed E-state index contributed by atoms with van der Waals surface area (Å²) >= 11 is 0. The molecule has 1 saturated carbocycles. The highest BCUT2D eigenvalue weighted by Crippen LogP contribution is 2.33. The summed E-state index contributed by atoms with van der Waals surface area (Å²) in [5.41, 5.74) is 5.20. The van der Waals surface area contributed by atoms with Gasteiger partial charge in [0.1, 0.15) is 0 Å². The molecule has 88 valence electrons. The van der Waals surface area contributed by atoms with Crippen LogP contribution in [0, 0.1) is 0 Å². The number of nitrogens with zero attached hydrogens (tertiary/aromatic N) is 1. The molecule has 0 radical (unpaired) electrons. The fraction of sp³-hybridized carbons (Fsp3) is 0.583. The van der Waals surface area contributed by atoms with Crippen LogP contribution >= 0.6 is 0 Å². The first-order valence-electron chi connectivity index (χ1n) is 5.69. The van der Waals surface area contributed by atoms with Crippen molar-refractivity contribution in [3.63, 3.8) is 0 Å². The molecule has 0 spiro atoms. The Morgan fingerprint density at radius 2 is 2.12 bits per heavy atom. The molecule has 0 unspecified atom stereocenters. The van der Waals surface area contributed by atoms with Crippen molar-refractivity contribution >= 4 is 5.69 Å². The van der Waals surface area contributed by atoms with Crippen molar-refractivity contribution in [2.24, 2.45) is 0 Å². The molecular weight excluding hydrogens is 204 g/mol. The van der Waals surface area contributed by atoms with E-state index >= 15 is 0 Å². The number of anilines is 1. The second-order valence-corrected chi connectivity index (χ2v) is 4.90. The first kappa shape index (κ1) is 11.2. The van der Waals surface area contributed by atoms with Crippen LogP contribution in [0.4, 0.5) is 5.69 Å². The number of rotatable bonds is 1. The minimum Gasteiger partial charge on any atom is -0.394 e. The number of pyridine rings is 1. The van der Waals surface area contributed by atoms with Gasteiger partial charge in [0.15, 0.2) is 0 Å². The number of aliphatic hydroxyl groups is 1. The van der Waals surface area contributed by atoms with Crippen molar-refractivity contribution in [2.75, 3.05) is 5.73 Å². The van der Waals surface area contributed by atoms with E-state index in [4.69, 9.17) is 5.73 Å². The van der Waals surface area contributed by atoms with E-state index in [1.54, 1.807) is 22.9 Å². The molecule has 0 bridgehead atoms. The van der Waals surface area contributed by atoms with E-state index in [0.29, 0.717) is 5.69 Å². The van der Waals surface area contributed by atoms with E-state index in [1.807, 2.05) is 6.92 Å². The number of aromatic nitrogens is 1. The van der Waals surface area contributed by atoms with Crippen LogP contribution in [0.25, 0.3) is 0 Å². The van der Waals surface area contributed by atoms with Crippen molar-refractivity contribution in [2.45, 2.75) is 44.2 Å². The lowest BCUT2D eigenvalue weighted by atomic mass is 9.83. The number of hydrogen-bond donors (Lipinski definition) is 2. The van der Waals surface area contributed by atoms with E-state index in [-0.39, 0.29) is 11.6 Å². The zero-order chi connectivity index (χ0) is 11.8. The molecule has 1 aromatic heterocycles. The summed E-state index contributed by atoms with van der Waals surface area (Å²) in [5.74, 6) is 0. The minimum absolute atomic E-state index is 0.117. The highest BCUT2D eigenvalue weighted by Gasteiger charge is 2.29. The molecule has 4 nitrogen and oxygen atoms in total. The fourth-order valence-corrected chi connectivity index (χ4v) is 2.32. The average Bonchev–Trinajstić information content (AvgIpc) is 2.23. The summed E-state index contributed by atoms with van der Waals surface area (Å²) in [4.78, 5) is 11.8. The van der Waals surface area contributed by atoms with Gasteiger partial charge in [-0.25, -0.2) is 0 Å². The monoisotopic (exact) mass is 222 g/mol. The lowest BCUT2D eigenvalue weighted by Crippen LogP contribution is -2.35. The molecule has 16 heavy (non-hydrogen) atoms. The number of nitrogen functional groups attached to an aromatic ring is 1. The molecule has 1 heterocycles. The summed E-state index contributed by atoms with van der Waals surface area (Å²) in [6.07, 6.45) is 4.91. The van der Waals surface area contributed by atoms with Crippen LogP contribution in [0.3, 0.4) is 0 Å². The molecule has 0 aromatic carbocycles. The molecule has 0 amide bonds. The van der Waals surface area contributed by atoms with Crippen molar-refractivity contribution in [1.29, 1.82) is 0 Å². The largest absolute Gasteiger partial charge is 0.394 e. The van der Waals surface area contributed by atoms with Gasteiger partial charge in [-0.1, -0.05) is 0 Å². The Morgan fingerprint density at radius 1 is 1.50 bits per heavy atom. The van der Waals surface area contributed by atoms with Crippen LogP contribution in [-0.4, -0.2) is 15.3 Å². The van der Waals surface area contributed by atoms with Crippen molar-refractivity contribution in [1.82, 2.24) is 4.57 Å². The van der Waals surface area contributed by atoms with Gasteiger partial charge in [0.2, 0.25) is 0 Å². The Labute approximate surface area is 94.7 Å². The highest BCUT2D eigenvalue weighted by molar-refractivity contribution is 5.33. The van der Waals surface area contributed by atoms with Crippen LogP contribution in [-0.2, 0) is 0 Å². The summed E-state index contributed by atoms with van der Waals surface area (Å²) in [6.45, 7) is 1.85. The van der Waals surface area contributed by atoms with Gasteiger partial charge >= 0.3 is 0 Å². The zero-order valence-electron chi connectivity index (χ0n) is 9.52. The zero-order valence-corrected chi connectivity index (χ0v) is 9.52. The molecule has 0 saturated heterocycles. The maximum atomic E-state index is 11.8. The maximum Gasteiger partial charge on any atom is 0.273 e. The third-order valence-corrected chi connectivity index (χ3v) is 3.43. The van der Waals surface area contributed by atoms with Gasteiger partial charge in [-0.2, -0.15) is 0 Å². The molecular formula is C12H18N2O2. The molecule has 4 heteroatoms. The molecule has 1 fully saturated rings. The number of nitrogens with two attached hydrogens (primary N) is 1. The summed E-state index contributed by atoms with van der Waals surface area (Å²) in [5, 5.41) is 9.85. The summed E-state index contributed by atoms with van der Waals surface area (Å²) < 4.78 is 1.70. The normalized spacial score (nSPS) is 30.2. The lowest BCUT2D eigenvalue weighted by molar-refractivity contribution is 0.00957. The third-order valence-electron chi connectivity index (χ3n) is 3.43. The Bertz CT molecular complexity index is 427. The topological polar surface area (TPSA) is 68.2 Å². The maximum absolute atomic E-state index is 11.8. The Kier molecular flexibility index (Phi) is 2.76. The van der Waals surface area contributed by atoms with Crippen molar-refractivity contribution in [3.8, 4) is 0 Å². The molecule has 1 aromatic rings. The van der Waals surface area contributed by atoms with E-state index in [9.17, 15) is 9.90 Å². The van der Waals surface area contributed by atoms with Crippen molar-refractivity contribution in [3.05, 3.63) is 28.7 Å². The van der Waals surface area contributed by atoms with Gasteiger partial charge in [0.25, 0.3) is 5.56 Å². The highest BCUT2D eigenvalue weighted by atomic mass is 16.3. The second-order valence-electron chi connectivity index (χ2n) is 4.90. The van der Waals surface area contributed by atoms with Gasteiger partial charge in [-0.15, -0.1) is 0 Å². The van der Waals surface area contributed by atoms with Gasteiger partial charge in [0.05, 0.1) is 11.3 Å². The predicted molar refractivity (Wildman–Crippen MR) is 63.2 cm³/mol. The quantitative estimate of drug-likeness (QED) is 0.752. The molecule has 3 N–H and O–H groups in total. The van der Waals surface area contributed by atoms with E-state index in [2.05, 4.69) is 0 Å². The predicted octanol–water partition coefficient (Wildman–Crippen LogP) is 1.30. The van der Waals surface area contributed by atoms with E-state index in [1.165, 1.54) is 0 Å². The summed E-state index contributed by atoms with van der Waals surface area (Å²) in [7, 11) is 0. The van der Waals surface area contributed by atoms with E-state index in [0.717, 1.165) is 25.7 Å². The smallest absolute Gasteiger partial charge is 0.273 e. The van der Waals surface area contributed by atoms with Gasteiger partial charge in [-0.05, 0) is 44.7 Å². The van der Waals surface area contributed by atoms with Crippen LogP contribution in [0.5, 0.6) is 0 Å². The Balaban J connectivity index is 2.21. The van der Waals surface area contributed by atoms with Crippen molar-refractivity contribution < 1.29 is 5.11 Å². The summed E-state index contributed by atoms with van der Waals surface area (Å²) in [6, 6.07) is 3.60. The lowest BCUT2D eigenvalue weighted by Gasteiger charge is -2.33. The van der Waals surface area contributed by atoms with Crippen LogP contribution in [0.15, 0.2) is 23.1 Å². The molecule has 2 rings (SSSR count). The van der Waals surface area contributed by atoms with Gasteiger partial charge in [-0.3, -0.25) is 4.79 Å². The minimum atomic E-state index is -0.569. The molecule has 1 aliphatic rings. The molecule has 1 aliphatic carbocycles. The van der Waals surface area contributed by atoms with Gasteiger partial charge in [0, 0.05) is 12.2 Å². The van der Waals surface area contributed by atoms with Crippen LogP contribution < -0.4 is 11.3 Å². The van der Waals surface area contributed by atoms with Gasteiger partial charge < -0.3 is 15.4 Å². The number of hydrogen-bond acceptors (Lipinski definition) is 3. The average molecular weight is 222 g/mol. The first-order chi connectivity index (χ1) is 7.49. The van der Waals surface area contributed by atoms with E-state index < -0.39 is 5.60 Å². The Hall–Kier alpha value is -1.29. The fourth-order valence-electron chi connectivity index (χ4n) is 2.32. The van der Waals surface area contributed by atoms with Crippen LogP contribution in [0.1, 0.15) is 38.6 Å². The Morgan fingerprint density at radius 3 is 2.75 bits per heavy atom. The first-order valence-corrected chi connectivity index (χ1v) is 5.69. The SMILES string of the molecule is C[C@]1(O)CC[C@@H](n2cccc(N)c2=O)CC1. The standard InChI is InChI=1S/C12H18N2O2/c1-12(16)6-4-9(5-7-12)14-8-2-3-10(13)11(14)15/h2-3,8-9,16H,4-7,13H2,1H3/t9-,12+. The molecule has 0 aliphatic heterocycles.